The highest BCUT2D eigenvalue weighted by molar-refractivity contribution is 7.89. The topological polar surface area (TPSA) is 106 Å². The normalized spacial score (nSPS) is 11.2. The number of hydrogen-bond donors (Lipinski definition) is 2. The van der Waals surface area contributed by atoms with Crippen molar-refractivity contribution in [3.05, 3.63) is 48.0 Å². The van der Waals surface area contributed by atoms with Crippen molar-refractivity contribution in [2.75, 3.05) is 18.5 Å². The van der Waals surface area contributed by atoms with Crippen LogP contribution in [0.15, 0.2) is 52.5 Å². The van der Waals surface area contributed by atoms with E-state index in [4.69, 9.17) is 9.47 Å². The minimum Gasteiger partial charge on any atom is -0.494 e. The van der Waals surface area contributed by atoms with E-state index >= 15 is 0 Å². The van der Waals surface area contributed by atoms with Crippen LogP contribution in [0.4, 0.5) is 5.69 Å². The minimum atomic E-state index is -3.84. The quantitative estimate of drug-likeness (QED) is 0.493. The summed E-state index contributed by atoms with van der Waals surface area (Å²) in [5.41, 5.74) is 1.11. The van der Waals surface area contributed by atoms with E-state index in [9.17, 15) is 13.2 Å². The van der Waals surface area contributed by atoms with Crippen molar-refractivity contribution in [1.29, 1.82) is 0 Å². The van der Waals surface area contributed by atoms with Crippen molar-refractivity contribution >= 4 is 27.8 Å². The van der Waals surface area contributed by atoms with Crippen molar-refractivity contribution < 1.29 is 22.7 Å². The summed E-state index contributed by atoms with van der Waals surface area (Å²) < 4.78 is 35.7. The molecule has 0 radical (unpaired) electrons. The number of amides is 1. The molecular formula is C19H23N3O5S. The van der Waals surface area contributed by atoms with Crippen LogP contribution in [0.3, 0.4) is 0 Å². The number of nitrogens with zero attached hydrogens (tertiary/aromatic N) is 1. The molecule has 0 bridgehead atoms. The zero-order valence-corrected chi connectivity index (χ0v) is 16.7. The number of carbonyl (C=O) groups is 1. The molecule has 0 aliphatic rings. The third-order valence-electron chi connectivity index (χ3n) is 3.46. The van der Waals surface area contributed by atoms with Crippen LogP contribution in [0.5, 0.6) is 11.5 Å². The molecule has 0 aromatic heterocycles. The number of carbonyl (C=O) groups excluding carboxylic acids is 1. The second kappa shape index (κ2) is 9.75. The maximum absolute atomic E-state index is 12.3. The first kappa shape index (κ1) is 21.2. The Hall–Kier alpha value is -3.07. The second-order valence-electron chi connectivity index (χ2n) is 5.62. The Bertz CT molecular complexity index is 941. The maximum atomic E-state index is 12.3. The summed E-state index contributed by atoms with van der Waals surface area (Å²) in [5.74, 6) is 0.956. The van der Waals surface area contributed by atoms with Crippen LogP contribution in [0.2, 0.25) is 0 Å². The maximum Gasteiger partial charge on any atom is 0.276 e. The van der Waals surface area contributed by atoms with Gasteiger partial charge in [-0.3, -0.25) is 4.79 Å². The summed E-state index contributed by atoms with van der Waals surface area (Å²) in [6, 6.07) is 11.0. The largest absolute Gasteiger partial charge is 0.494 e. The van der Waals surface area contributed by atoms with E-state index in [1.807, 2.05) is 13.8 Å². The van der Waals surface area contributed by atoms with Gasteiger partial charge in [0.25, 0.3) is 10.0 Å². The molecule has 0 heterocycles. The number of ether oxygens (including phenoxy) is 2. The first-order chi connectivity index (χ1) is 13.4. The predicted molar refractivity (Wildman–Crippen MR) is 107 cm³/mol. The number of sulfonamides is 1. The van der Waals surface area contributed by atoms with Gasteiger partial charge in [-0.05, 0) is 50.2 Å². The Morgan fingerprint density at radius 3 is 2.36 bits per heavy atom. The number of benzene rings is 2. The first-order valence-electron chi connectivity index (χ1n) is 8.68. The van der Waals surface area contributed by atoms with Gasteiger partial charge in [0.05, 0.1) is 24.3 Å². The number of hydrogen-bond acceptors (Lipinski definition) is 6. The van der Waals surface area contributed by atoms with Crippen molar-refractivity contribution in [1.82, 2.24) is 4.83 Å². The van der Waals surface area contributed by atoms with Gasteiger partial charge < -0.3 is 14.8 Å². The highest BCUT2D eigenvalue weighted by atomic mass is 32.2. The molecule has 28 heavy (non-hydrogen) atoms. The molecule has 0 atom stereocenters. The molecule has 2 aromatic carbocycles. The van der Waals surface area contributed by atoms with E-state index < -0.39 is 10.0 Å². The Morgan fingerprint density at radius 2 is 1.75 bits per heavy atom. The molecule has 2 rings (SSSR count). The summed E-state index contributed by atoms with van der Waals surface area (Å²) in [5, 5.41) is 6.40. The molecule has 0 saturated carbocycles. The van der Waals surface area contributed by atoms with E-state index in [0.717, 1.165) is 0 Å². The standard InChI is InChI=1S/C19H23N3O5S/c1-4-26-17-9-6-15(19(12-17)27-5-2)13-20-22-28(24,25)18-10-7-16(8-11-18)21-14(3)23/h6-13,22H,4-5H2,1-3H3,(H,21,23)/b20-13-. The summed E-state index contributed by atoms with van der Waals surface area (Å²) >= 11 is 0. The molecule has 0 aliphatic carbocycles. The molecule has 1 amide bonds. The fourth-order valence-electron chi connectivity index (χ4n) is 2.30. The lowest BCUT2D eigenvalue weighted by molar-refractivity contribution is -0.114. The molecule has 0 fully saturated rings. The molecule has 8 nitrogen and oxygen atoms in total. The van der Waals surface area contributed by atoms with E-state index in [2.05, 4.69) is 15.2 Å². The predicted octanol–water partition coefficient (Wildman–Crippen LogP) is 2.75. The fourth-order valence-corrected chi connectivity index (χ4v) is 3.09. The van der Waals surface area contributed by atoms with E-state index in [1.54, 1.807) is 18.2 Å². The highest BCUT2D eigenvalue weighted by Crippen LogP contribution is 2.24. The van der Waals surface area contributed by atoms with Crippen LogP contribution in [-0.2, 0) is 14.8 Å². The highest BCUT2D eigenvalue weighted by Gasteiger charge is 2.13. The Labute approximate surface area is 164 Å². The zero-order valence-electron chi connectivity index (χ0n) is 15.9. The summed E-state index contributed by atoms with van der Waals surface area (Å²) in [6.45, 7) is 6.08. The van der Waals surface area contributed by atoms with E-state index in [1.165, 1.54) is 37.4 Å². The molecule has 150 valence electrons. The lowest BCUT2D eigenvalue weighted by Gasteiger charge is -2.10. The van der Waals surface area contributed by atoms with Crippen LogP contribution >= 0.6 is 0 Å². The van der Waals surface area contributed by atoms with Crippen molar-refractivity contribution in [3.63, 3.8) is 0 Å². The number of nitrogens with one attached hydrogen (secondary N) is 2. The van der Waals surface area contributed by atoms with Crippen LogP contribution < -0.4 is 19.6 Å². The van der Waals surface area contributed by atoms with E-state index in [0.29, 0.717) is 36.0 Å². The monoisotopic (exact) mass is 405 g/mol. The van der Waals surface area contributed by atoms with Crippen molar-refractivity contribution in [2.24, 2.45) is 5.10 Å². The van der Waals surface area contributed by atoms with Gasteiger partial charge in [0, 0.05) is 24.2 Å². The van der Waals surface area contributed by atoms with Crippen LogP contribution in [-0.4, -0.2) is 33.8 Å². The smallest absolute Gasteiger partial charge is 0.276 e. The molecule has 0 spiro atoms. The van der Waals surface area contributed by atoms with Gasteiger partial charge in [0.1, 0.15) is 11.5 Å². The summed E-state index contributed by atoms with van der Waals surface area (Å²) in [7, 11) is -3.84. The lowest BCUT2D eigenvalue weighted by atomic mass is 10.2. The summed E-state index contributed by atoms with van der Waals surface area (Å²) in [4.78, 5) is 13.2. The minimum absolute atomic E-state index is 0.0236. The Balaban J connectivity index is 2.13. The van der Waals surface area contributed by atoms with Gasteiger partial charge in [-0.2, -0.15) is 13.5 Å². The lowest BCUT2D eigenvalue weighted by Crippen LogP contribution is -2.18. The SMILES string of the molecule is CCOc1ccc(/C=N\NS(=O)(=O)c2ccc(NC(C)=O)cc2)c(OCC)c1. The average molecular weight is 405 g/mol. The van der Waals surface area contributed by atoms with Crippen molar-refractivity contribution in [3.8, 4) is 11.5 Å². The van der Waals surface area contributed by atoms with Gasteiger partial charge in [-0.15, -0.1) is 0 Å². The van der Waals surface area contributed by atoms with Gasteiger partial charge >= 0.3 is 0 Å². The van der Waals surface area contributed by atoms with Gasteiger partial charge in [0.15, 0.2) is 0 Å². The number of anilines is 1. The van der Waals surface area contributed by atoms with E-state index in [-0.39, 0.29) is 10.8 Å². The van der Waals surface area contributed by atoms with Gasteiger partial charge in [0.2, 0.25) is 5.91 Å². The first-order valence-corrected chi connectivity index (χ1v) is 10.2. The fraction of sp³-hybridized carbons (Fsp3) is 0.263. The molecule has 2 N–H and O–H groups in total. The Morgan fingerprint density at radius 1 is 1.07 bits per heavy atom. The molecular weight excluding hydrogens is 382 g/mol. The molecule has 9 heteroatoms. The summed E-state index contributed by atoms with van der Waals surface area (Å²) in [6.07, 6.45) is 1.37. The van der Waals surface area contributed by atoms with Gasteiger partial charge in [-0.1, -0.05) is 0 Å². The third kappa shape index (κ3) is 5.98. The van der Waals surface area contributed by atoms with Crippen LogP contribution in [0, 0.1) is 0 Å². The van der Waals surface area contributed by atoms with Crippen LogP contribution in [0.25, 0.3) is 0 Å². The molecule has 0 aliphatic heterocycles. The van der Waals surface area contributed by atoms with Crippen LogP contribution in [0.1, 0.15) is 26.3 Å². The number of rotatable bonds is 9. The van der Waals surface area contributed by atoms with Gasteiger partial charge in [-0.25, -0.2) is 4.83 Å². The second-order valence-corrected chi connectivity index (χ2v) is 7.28. The molecule has 0 saturated heterocycles. The average Bonchev–Trinajstić information content (AvgIpc) is 2.64. The number of hydrazone groups is 1. The third-order valence-corrected chi connectivity index (χ3v) is 4.70. The molecule has 0 unspecified atom stereocenters. The Kier molecular flexibility index (Phi) is 7.39. The zero-order chi connectivity index (χ0) is 20.6. The molecule has 2 aromatic rings. The van der Waals surface area contributed by atoms with Crippen molar-refractivity contribution in [2.45, 2.75) is 25.7 Å².